The molecule has 19 heavy (non-hydrogen) atoms. The Hall–Kier alpha value is -2.03. The van der Waals surface area contributed by atoms with E-state index in [0.717, 1.165) is 23.6 Å². The maximum Gasteiger partial charge on any atom is 0.251 e. The Labute approximate surface area is 113 Å². The fraction of sp³-hybridized carbons (Fsp3) is 0.312. The number of amides is 1. The zero-order chi connectivity index (χ0) is 13.8. The van der Waals surface area contributed by atoms with Gasteiger partial charge in [-0.15, -0.1) is 0 Å². The molecule has 0 aliphatic carbocycles. The first-order valence-electron chi connectivity index (χ1n) is 6.69. The molecule has 0 aromatic heterocycles. The summed E-state index contributed by atoms with van der Waals surface area (Å²) in [6.45, 7) is 4.72. The number of phenols is 1. The normalized spacial score (nSPS) is 10.6. The molecule has 2 N–H and O–H groups in total. The summed E-state index contributed by atoms with van der Waals surface area (Å²) < 4.78 is 0. The van der Waals surface area contributed by atoms with Crippen molar-refractivity contribution in [2.75, 3.05) is 6.54 Å². The minimum absolute atomic E-state index is 0.140. The second-order valence-corrected chi connectivity index (χ2v) is 4.66. The fourth-order valence-electron chi connectivity index (χ4n) is 2.08. The van der Waals surface area contributed by atoms with Crippen molar-refractivity contribution in [3.63, 3.8) is 0 Å². The van der Waals surface area contributed by atoms with E-state index in [1.165, 1.54) is 11.6 Å². The lowest BCUT2D eigenvalue weighted by Gasteiger charge is -2.08. The van der Waals surface area contributed by atoms with Crippen molar-refractivity contribution >= 4 is 16.7 Å². The summed E-state index contributed by atoms with van der Waals surface area (Å²) in [4.78, 5) is 11.9. The van der Waals surface area contributed by atoms with E-state index in [-0.39, 0.29) is 11.7 Å². The lowest BCUT2D eigenvalue weighted by molar-refractivity contribution is 0.0953. The third kappa shape index (κ3) is 2.87. The molecule has 3 nitrogen and oxygen atoms in total. The SMILES string of the molecule is CCCNC(=O)c1cc(O)c2cc(CC)ccc2c1. The van der Waals surface area contributed by atoms with Crippen LogP contribution < -0.4 is 5.32 Å². The van der Waals surface area contributed by atoms with E-state index in [9.17, 15) is 9.90 Å². The molecule has 0 atom stereocenters. The molecule has 0 saturated heterocycles. The monoisotopic (exact) mass is 257 g/mol. The number of hydrogen-bond donors (Lipinski definition) is 2. The molecular formula is C16H19NO2. The molecule has 3 heteroatoms. The van der Waals surface area contributed by atoms with Gasteiger partial charge in [-0.1, -0.05) is 26.0 Å². The van der Waals surface area contributed by atoms with Crippen LogP contribution in [0.2, 0.25) is 0 Å². The molecule has 0 saturated carbocycles. The van der Waals surface area contributed by atoms with Crippen molar-refractivity contribution in [2.45, 2.75) is 26.7 Å². The summed E-state index contributed by atoms with van der Waals surface area (Å²) >= 11 is 0. The molecule has 0 fully saturated rings. The van der Waals surface area contributed by atoms with Gasteiger partial charge in [-0.05, 0) is 42.0 Å². The first-order valence-corrected chi connectivity index (χ1v) is 6.69. The number of aryl methyl sites for hydroxylation is 1. The average Bonchev–Trinajstić information content (AvgIpc) is 2.44. The summed E-state index contributed by atoms with van der Waals surface area (Å²) in [5.74, 6) is 0.0214. The Kier molecular flexibility index (Phi) is 4.05. The zero-order valence-electron chi connectivity index (χ0n) is 11.4. The van der Waals surface area contributed by atoms with Gasteiger partial charge < -0.3 is 10.4 Å². The van der Waals surface area contributed by atoms with Gasteiger partial charge in [0.2, 0.25) is 0 Å². The topological polar surface area (TPSA) is 49.3 Å². The highest BCUT2D eigenvalue weighted by Gasteiger charge is 2.09. The highest BCUT2D eigenvalue weighted by molar-refractivity contribution is 6.00. The lowest BCUT2D eigenvalue weighted by atomic mass is 10.0. The molecule has 0 spiro atoms. The van der Waals surface area contributed by atoms with Crippen molar-refractivity contribution in [2.24, 2.45) is 0 Å². The number of aromatic hydroxyl groups is 1. The number of fused-ring (bicyclic) bond motifs is 1. The number of hydrogen-bond acceptors (Lipinski definition) is 2. The van der Waals surface area contributed by atoms with Crippen LogP contribution >= 0.6 is 0 Å². The average molecular weight is 257 g/mol. The summed E-state index contributed by atoms with van der Waals surface area (Å²) in [6, 6.07) is 9.30. The molecule has 2 aromatic carbocycles. The Bertz CT molecular complexity index is 605. The zero-order valence-corrected chi connectivity index (χ0v) is 11.4. The number of carbonyl (C=O) groups is 1. The number of nitrogens with one attached hydrogen (secondary N) is 1. The molecular weight excluding hydrogens is 238 g/mol. The van der Waals surface area contributed by atoms with Gasteiger partial charge in [0.15, 0.2) is 0 Å². The van der Waals surface area contributed by atoms with Crippen LogP contribution in [0.5, 0.6) is 5.75 Å². The number of rotatable bonds is 4. The van der Waals surface area contributed by atoms with Crippen molar-refractivity contribution in [1.82, 2.24) is 5.32 Å². The Morgan fingerprint density at radius 3 is 2.68 bits per heavy atom. The second-order valence-electron chi connectivity index (χ2n) is 4.66. The predicted octanol–water partition coefficient (Wildman–Crippen LogP) is 3.25. The molecule has 0 radical (unpaired) electrons. The third-order valence-electron chi connectivity index (χ3n) is 3.20. The van der Waals surface area contributed by atoms with Crippen LogP contribution in [0.1, 0.15) is 36.2 Å². The smallest absolute Gasteiger partial charge is 0.251 e. The van der Waals surface area contributed by atoms with Crippen LogP contribution in [0, 0.1) is 0 Å². The standard InChI is InChI=1S/C16H19NO2/c1-3-7-17-16(19)13-9-12-6-5-11(4-2)8-14(12)15(18)10-13/h5-6,8-10,18H,3-4,7H2,1-2H3,(H,17,19). The largest absolute Gasteiger partial charge is 0.507 e. The maximum absolute atomic E-state index is 11.9. The molecule has 2 rings (SSSR count). The highest BCUT2D eigenvalue weighted by atomic mass is 16.3. The fourth-order valence-corrected chi connectivity index (χ4v) is 2.08. The van der Waals surface area contributed by atoms with E-state index in [4.69, 9.17) is 0 Å². The number of carbonyl (C=O) groups excluding carboxylic acids is 1. The van der Waals surface area contributed by atoms with Gasteiger partial charge in [0.1, 0.15) is 5.75 Å². The minimum atomic E-state index is -0.140. The van der Waals surface area contributed by atoms with Gasteiger partial charge in [-0.2, -0.15) is 0 Å². The molecule has 0 bridgehead atoms. The second kappa shape index (κ2) is 5.74. The van der Waals surface area contributed by atoms with E-state index in [1.807, 2.05) is 31.2 Å². The number of phenolic OH excluding ortho intramolecular Hbond substituents is 1. The Morgan fingerprint density at radius 2 is 2.00 bits per heavy atom. The van der Waals surface area contributed by atoms with Crippen molar-refractivity contribution < 1.29 is 9.90 Å². The van der Waals surface area contributed by atoms with Crippen LogP contribution in [0.25, 0.3) is 10.8 Å². The van der Waals surface area contributed by atoms with Crippen molar-refractivity contribution in [3.05, 3.63) is 41.5 Å². The van der Waals surface area contributed by atoms with Crippen molar-refractivity contribution in [1.29, 1.82) is 0 Å². The predicted molar refractivity (Wildman–Crippen MR) is 77.6 cm³/mol. The maximum atomic E-state index is 11.9. The Balaban J connectivity index is 2.41. The van der Waals surface area contributed by atoms with Gasteiger partial charge in [-0.25, -0.2) is 0 Å². The van der Waals surface area contributed by atoms with E-state index in [1.54, 1.807) is 0 Å². The van der Waals surface area contributed by atoms with Gasteiger partial charge in [-0.3, -0.25) is 4.79 Å². The van der Waals surface area contributed by atoms with Crippen LogP contribution in [-0.2, 0) is 6.42 Å². The molecule has 1 amide bonds. The van der Waals surface area contributed by atoms with E-state index in [2.05, 4.69) is 12.2 Å². The van der Waals surface area contributed by atoms with E-state index in [0.29, 0.717) is 12.1 Å². The van der Waals surface area contributed by atoms with Crippen LogP contribution in [-0.4, -0.2) is 17.6 Å². The molecule has 0 aliphatic rings. The summed E-state index contributed by atoms with van der Waals surface area (Å²) in [5.41, 5.74) is 1.67. The third-order valence-corrected chi connectivity index (χ3v) is 3.20. The molecule has 2 aromatic rings. The van der Waals surface area contributed by atoms with Crippen LogP contribution in [0.15, 0.2) is 30.3 Å². The lowest BCUT2D eigenvalue weighted by Crippen LogP contribution is -2.23. The summed E-state index contributed by atoms with van der Waals surface area (Å²) in [5, 5.41) is 14.6. The molecule has 0 heterocycles. The first kappa shape index (κ1) is 13.4. The van der Waals surface area contributed by atoms with Crippen molar-refractivity contribution in [3.8, 4) is 5.75 Å². The van der Waals surface area contributed by atoms with Crippen LogP contribution in [0.3, 0.4) is 0 Å². The molecule has 100 valence electrons. The molecule has 0 aliphatic heterocycles. The summed E-state index contributed by atoms with van der Waals surface area (Å²) in [7, 11) is 0. The van der Waals surface area contributed by atoms with E-state index >= 15 is 0 Å². The van der Waals surface area contributed by atoms with Gasteiger partial charge in [0, 0.05) is 17.5 Å². The minimum Gasteiger partial charge on any atom is -0.507 e. The number of benzene rings is 2. The quantitative estimate of drug-likeness (QED) is 0.883. The van der Waals surface area contributed by atoms with Crippen LogP contribution in [0.4, 0.5) is 0 Å². The first-order chi connectivity index (χ1) is 9.15. The Morgan fingerprint density at radius 1 is 1.21 bits per heavy atom. The van der Waals surface area contributed by atoms with Gasteiger partial charge in [0.25, 0.3) is 5.91 Å². The highest BCUT2D eigenvalue weighted by Crippen LogP contribution is 2.27. The molecule has 0 unspecified atom stereocenters. The van der Waals surface area contributed by atoms with Gasteiger partial charge >= 0.3 is 0 Å². The summed E-state index contributed by atoms with van der Waals surface area (Å²) in [6.07, 6.45) is 1.82. The van der Waals surface area contributed by atoms with E-state index < -0.39 is 0 Å². The van der Waals surface area contributed by atoms with Gasteiger partial charge in [0.05, 0.1) is 0 Å².